The van der Waals surface area contributed by atoms with Crippen molar-refractivity contribution in [3.63, 3.8) is 0 Å². The first-order valence-electron chi connectivity index (χ1n) is 6.18. The molecule has 0 aliphatic heterocycles. The maximum atomic E-state index is 11.9. The molecule has 0 bridgehead atoms. The summed E-state index contributed by atoms with van der Waals surface area (Å²) >= 11 is 11.7. The molecule has 1 aromatic rings. The van der Waals surface area contributed by atoms with Crippen LogP contribution in [0.2, 0.25) is 10.0 Å². The van der Waals surface area contributed by atoms with E-state index in [0.717, 1.165) is 0 Å². The first-order chi connectivity index (χ1) is 9.02. The molecule has 1 aromatic carbocycles. The largest absolute Gasteiger partial charge is 0.466 e. The molecule has 19 heavy (non-hydrogen) atoms. The third-order valence-electron chi connectivity index (χ3n) is 2.52. The molecule has 1 rings (SSSR count). The zero-order valence-corrected chi connectivity index (χ0v) is 12.3. The fourth-order valence-electron chi connectivity index (χ4n) is 1.65. The predicted molar refractivity (Wildman–Crippen MR) is 75.9 cm³/mol. The van der Waals surface area contributed by atoms with Crippen molar-refractivity contribution in [1.29, 1.82) is 0 Å². The van der Waals surface area contributed by atoms with E-state index < -0.39 is 0 Å². The van der Waals surface area contributed by atoms with E-state index in [2.05, 4.69) is 0 Å². The van der Waals surface area contributed by atoms with Crippen molar-refractivity contribution in [1.82, 2.24) is 0 Å². The highest BCUT2D eigenvalue weighted by molar-refractivity contribution is 6.35. The predicted octanol–water partition coefficient (Wildman–Crippen LogP) is 4.30. The van der Waals surface area contributed by atoms with Gasteiger partial charge in [0.05, 0.1) is 6.61 Å². The average molecular weight is 303 g/mol. The molecule has 0 saturated heterocycles. The van der Waals surface area contributed by atoms with Crippen molar-refractivity contribution in [3.05, 3.63) is 33.8 Å². The minimum atomic E-state index is -0.222. The van der Waals surface area contributed by atoms with Crippen LogP contribution in [0.25, 0.3) is 0 Å². The summed E-state index contributed by atoms with van der Waals surface area (Å²) in [4.78, 5) is 23.0. The van der Waals surface area contributed by atoms with E-state index in [9.17, 15) is 9.59 Å². The van der Waals surface area contributed by atoms with Crippen LogP contribution in [0.4, 0.5) is 0 Å². The second-order valence-corrected chi connectivity index (χ2v) is 4.97. The lowest BCUT2D eigenvalue weighted by atomic mass is 10.0. The number of Topliss-reactive ketones (excluding diaryl/α,β-unsaturated/α-hetero) is 1. The van der Waals surface area contributed by atoms with E-state index >= 15 is 0 Å². The molecule has 0 radical (unpaired) electrons. The van der Waals surface area contributed by atoms with Crippen molar-refractivity contribution in [3.8, 4) is 0 Å². The summed E-state index contributed by atoms with van der Waals surface area (Å²) in [5.41, 5.74) is 0.508. The van der Waals surface area contributed by atoms with Gasteiger partial charge in [0.15, 0.2) is 5.78 Å². The van der Waals surface area contributed by atoms with E-state index in [1.165, 1.54) is 0 Å². The number of hydrogen-bond acceptors (Lipinski definition) is 3. The number of esters is 1. The monoisotopic (exact) mass is 302 g/mol. The zero-order chi connectivity index (χ0) is 14.3. The molecular formula is C14H16Cl2O3. The number of ether oxygens (including phenoxy) is 1. The fourth-order valence-corrected chi connectivity index (χ4v) is 2.17. The Morgan fingerprint density at radius 3 is 2.21 bits per heavy atom. The summed E-state index contributed by atoms with van der Waals surface area (Å²) < 4.78 is 4.81. The number of benzene rings is 1. The number of carbonyl (C=O) groups is 2. The minimum Gasteiger partial charge on any atom is -0.466 e. The van der Waals surface area contributed by atoms with Crippen LogP contribution in [0.5, 0.6) is 0 Å². The van der Waals surface area contributed by atoms with Crippen LogP contribution in [0.3, 0.4) is 0 Å². The van der Waals surface area contributed by atoms with Crippen LogP contribution >= 0.6 is 23.2 Å². The quantitative estimate of drug-likeness (QED) is 0.428. The lowest BCUT2D eigenvalue weighted by Gasteiger charge is -2.03. The molecule has 0 amide bonds. The van der Waals surface area contributed by atoms with Gasteiger partial charge >= 0.3 is 5.97 Å². The Bertz CT molecular complexity index is 438. The van der Waals surface area contributed by atoms with Gasteiger partial charge in [-0.05, 0) is 38.0 Å². The first-order valence-corrected chi connectivity index (χ1v) is 6.93. The second kappa shape index (κ2) is 8.18. The number of carbonyl (C=O) groups excluding carboxylic acids is 2. The van der Waals surface area contributed by atoms with E-state index in [1.807, 2.05) is 0 Å². The Morgan fingerprint density at radius 1 is 1.05 bits per heavy atom. The molecule has 3 nitrogen and oxygen atoms in total. The molecule has 0 aliphatic carbocycles. The van der Waals surface area contributed by atoms with Gasteiger partial charge in [0.2, 0.25) is 0 Å². The maximum Gasteiger partial charge on any atom is 0.305 e. The summed E-state index contributed by atoms with van der Waals surface area (Å²) in [5, 5.41) is 0.893. The number of ketones is 1. The molecule has 0 unspecified atom stereocenters. The summed E-state index contributed by atoms with van der Waals surface area (Å²) in [5.74, 6) is -0.242. The van der Waals surface area contributed by atoms with Gasteiger partial charge in [-0.3, -0.25) is 9.59 Å². The van der Waals surface area contributed by atoms with Crippen LogP contribution in [-0.4, -0.2) is 18.4 Å². The van der Waals surface area contributed by atoms with Crippen molar-refractivity contribution in [2.45, 2.75) is 32.6 Å². The number of unbranched alkanes of at least 4 members (excludes halogenated alkanes) is 1. The normalized spacial score (nSPS) is 10.3. The van der Waals surface area contributed by atoms with E-state index in [1.54, 1.807) is 25.1 Å². The Balaban J connectivity index is 2.37. The van der Waals surface area contributed by atoms with Gasteiger partial charge in [0.1, 0.15) is 0 Å². The Hall–Kier alpha value is -1.06. The Labute approximate surface area is 122 Å². The molecule has 0 spiro atoms. The average Bonchev–Trinajstić information content (AvgIpc) is 2.33. The molecule has 0 saturated carbocycles. The number of halogens is 2. The van der Waals surface area contributed by atoms with Crippen molar-refractivity contribution >= 4 is 35.0 Å². The SMILES string of the molecule is CCOC(=O)CCCCC(=O)c1cc(Cl)cc(Cl)c1. The molecule has 5 heteroatoms. The third-order valence-corrected chi connectivity index (χ3v) is 2.96. The van der Waals surface area contributed by atoms with Gasteiger partial charge in [-0.1, -0.05) is 23.2 Å². The maximum absolute atomic E-state index is 11.9. The lowest BCUT2D eigenvalue weighted by Crippen LogP contribution is -2.04. The standard InChI is InChI=1S/C14H16Cl2O3/c1-2-19-14(18)6-4-3-5-13(17)10-7-11(15)9-12(16)8-10/h7-9H,2-6H2,1H3. The third kappa shape index (κ3) is 6.08. The van der Waals surface area contributed by atoms with Crippen LogP contribution < -0.4 is 0 Å². The summed E-state index contributed by atoms with van der Waals surface area (Å²) in [6, 6.07) is 4.78. The molecule has 0 atom stereocenters. The van der Waals surface area contributed by atoms with Crippen LogP contribution in [0, 0.1) is 0 Å². The Kier molecular flexibility index (Phi) is 6.89. The van der Waals surface area contributed by atoms with E-state index in [0.29, 0.717) is 47.9 Å². The highest BCUT2D eigenvalue weighted by Gasteiger charge is 2.09. The van der Waals surface area contributed by atoms with E-state index in [-0.39, 0.29) is 11.8 Å². The molecular weight excluding hydrogens is 287 g/mol. The van der Waals surface area contributed by atoms with Crippen LogP contribution in [0.1, 0.15) is 43.0 Å². The summed E-state index contributed by atoms with van der Waals surface area (Å²) in [6.07, 6.45) is 1.99. The second-order valence-electron chi connectivity index (χ2n) is 4.09. The number of rotatable bonds is 7. The van der Waals surface area contributed by atoms with Gasteiger partial charge in [0, 0.05) is 28.5 Å². The van der Waals surface area contributed by atoms with Gasteiger partial charge in [0.25, 0.3) is 0 Å². The van der Waals surface area contributed by atoms with Gasteiger partial charge in [-0.25, -0.2) is 0 Å². The zero-order valence-electron chi connectivity index (χ0n) is 10.7. The van der Waals surface area contributed by atoms with Crippen molar-refractivity contribution in [2.24, 2.45) is 0 Å². The highest BCUT2D eigenvalue weighted by Crippen LogP contribution is 2.20. The minimum absolute atomic E-state index is 0.0201. The van der Waals surface area contributed by atoms with Crippen molar-refractivity contribution in [2.75, 3.05) is 6.61 Å². The first kappa shape index (κ1) is 16.0. The lowest BCUT2D eigenvalue weighted by molar-refractivity contribution is -0.143. The molecule has 0 N–H and O–H groups in total. The highest BCUT2D eigenvalue weighted by atomic mass is 35.5. The topological polar surface area (TPSA) is 43.4 Å². The van der Waals surface area contributed by atoms with E-state index in [4.69, 9.17) is 27.9 Å². The molecule has 0 fully saturated rings. The molecule has 0 heterocycles. The smallest absolute Gasteiger partial charge is 0.305 e. The Morgan fingerprint density at radius 2 is 1.63 bits per heavy atom. The van der Waals surface area contributed by atoms with Crippen LogP contribution in [0.15, 0.2) is 18.2 Å². The molecule has 104 valence electrons. The molecule has 0 aromatic heterocycles. The van der Waals surface area contributed by atoms with Crippen LogP contribution in [-0.2, 0) is 9.53 Å². The van der Waals surface area contributed by atoms with Crippen molar-refractivity contribution < 1.29 is 14.3 Å². The fraction of sp³-hybridized carbons (Fsp3) is 0.429. The molecule has 0 aliphatic rings. The van der Waals surface area contributed by atoms with Gasteiger partial charge in [-0.15, -0.1) is 0 Å². The summed E-state index contributed by atoms with van der Waals surface area (Å²) in [6.45, 7) is 2.16. The number of hydrogen-bond donors (Lipinski definition) is 0. The van der Waals surface area contributed by atoms with Gasteiger partial charge in [-0.2, -0.15) is 0 Å². The summed E-state index contributed by atoms with van der Waals surface area (Å²) in [7, 11) is 0. The van der Waals surface area contributed by atoms with Gasteiger partial charge < -0.3 is 4.74 Å².